The van der Waals surface area contributed by atoms with Crippen LogP contribution in [0.15, 0.2) is 67.1 Å². The second-order valence-electron chi connectivity index (χ2n) is 6.16. The molecule has 0 aliphatic carbocycles. The number of nitrogens with one attached hydrogen (secondary N) is 1. The van der Waals surface area contributed by atoms with Crippen molar-refractivity contribution >= 4 is 39.8 Å². The first kappa shape index (κ1) is 20.5. The topological polar surface area (TPSA) is 120 Å². The van der Waals surface area contributed by atoms with E-state index >= 15 is 0 Å². The van der Waals surface area contributed by atoms with E-state index in [4.69, 9.17) is 22.1 Å². The van der Waals surface area contributed by atoms with Gasteiger partial charge in [0.05, 0.1) is 0 Å². The molecular formula is C21H14ClN5O3S. The predicted octanol–water partition coefficient (Wildman–Crippen LogP) is 4.40. The number of hydrogen-bond acceptors (Lipinski definition) is 7. The lowest BCUT2D eigenvalue weighted by molar-refractivity contribution is 0.0997. The summed E-state index contributed by atoms with van der Waals surface area (Å²) in [5, 5.41) is 4.00. The molecule has 154 valence electrons. The number of halogens is 1. The molecule has 0 saturated heterocycles. The summed E-state index contributed by atoms with van der Waals surface area (Å²) in [6.45, 7) is 0. The first-order valence-corrected chi connectivity index (χ1v) is 10.1. The highest BCUT2D eigenvalue weighted by molar-refractivity contribution is 7.19. The maximum Gasteiger partial charge on any atom is 0.270 e. The van der Waals surface area contributed by atoms with Crippen molar-refractivity contribution in [2.75, 3.05) is 5.32 Å². The number of carbonyl (C=O) groups excluding carboxylic acids is 2. The molecule has 8 nitrogen and oxygen atoms in total. The zero-order valence-corrected chi connectivity index (χ0v) is 17.4. The van der Waals surface area contributed by atoms with Gasteiger partial charge in [0.1, 0.15) is 21.3 Å². The number of nitrogens with two attached hydrogens (primary N) is 1. The van der Waals surface area contributed by atoms with Crippen molar-refractivity contribution in [1.29, 1.82) is 0 Å². The highest BCUT2D eigenvalue weighted by Crippen LogP contribution is 2.33. The molecule has 0 aliphatic rings. The lowest BCUT2D eigenvalue weighted by Crippen LogP contribution is -2.18. The van der Waals surface area contributed by atoms with Crippen LogP contribution < -0.4 is 15.8 Å². The van der Waals surface area contributed by atoms with Crippen LogP contribution in [0.1, 0.15) is 20.8 Å². The first-order chi connectivity index (χ1) is 15.0. The third-order valence-corrected chi connectivity index (χ3v) is 5.33. The molecule has 0 atom stereocenters. The van der Waals surface area contributed by atoms with E-state index in [1.807, 2.05) is 0 Å². The predicted molar refractivity (Wildman–Crippen MR) is 118 cm³/mol. The summed E-state index contributed by atoms with van der Waals surface area (Å²) in [5.74, 6) is -0.713. The van der Waals surface area contributed by atoms with Gasteiger partial charge in [0.15, 0.2) is 5.69 Å². The maximum atomic E-state index is 13.0. The SMILES string of the molecule is NC(=O)c1nc(-c2ccncc2)sc1NC(=O)c1cccnc1Oc1ccc(Cl)cc1. The fourth-order valence-corrected chi connectivity index (χ4v) is 3.72. The van der Waals surface area contributed by atoms with Gasteiger partial charge in [-0.25, -0.2) is 9.97 Å². The van der Waals surface area contributed by atoms with Crippen LogP contribution in [0.25, 0.3) is 10.6 Å². The Balaban J connectivity index is 1.62. The number of aromatic nitrogens is 3. The number of rotatable bonds is 6. The van der Waals surface area contributed by atoms with Gasteiger partial charge in [-0.1, -0.05) is 22.9 Å². The third-order valence-electron chi connectivity index (χ3n) is 4.06. The number of hydrogen-bond donors (Lipinski definition) is 2. The number of amides is 2. The van der Waals surface area contributed by atoms with Crippen molar-refractivity contribution in [2.45, 2.75) is 0 Å². The average Bonchev–Trinajstić information content (AvgIpc) is 3.20. The van der Waals surface area contributed by atoms with Crippen molar-refractivity contribution in [3.8, 4) is 22.2 Å². The zero-order chi connectivity index (χ0) is 21.8. The summed E-state index contributed by atoms with van der Waals surface area (Å²) < 4.78 is 5.73. The molecular weight excluding hydrogens is 438 g/mol. The van der Waals surface area contributed by atoms with E-state index in [0.717, 1.165) is 16.9 Å². The Hall–Kier alpha value is -3.82. The molecule has 1 aromatic carbocycles. The van der Waals surface area contributed by atoms with Gasteiger partial charge in [0, 0.05) is 29.2 Å². The number of thiazole rings is 1. The minimum atomic E-state index is -0.754. The van der Waals surface area contributed by atoms with Gasteiger partial charge >= 0.3 is 0 Å². The Morgan fingerprint density at radius 3 is 2.48 bits per heavy atom. The van der Waals surface area contributed by atoms with Crippen molar-refractivity contribution < 1.29 is 14.3 Å². The number of carbonyl (C=O) groups is 2. The van der Waals surface area contributed by atoms with Crippen LogP contribution >= 0.6 is 22.9 Å². The average molecular weight is 452 g/mol. The largest absolute Gasteiger partial charge is 0.438 e. The number of pyridine rings is 2. The van der Waals surface area contributed by atoms with Gasteiger partial charge in [-0.15, -0.1) is 0 Å². The number of nitrogens with zero attached hydrogens (tertiary/aromatic N) is 3. The molecule has 0 unspecified atom stereocenters. The van der Waals surface area contributed by atoms with Crippen molar-refractivity contribution in [3.63, 3.8) is 0 Å². The Kier molecular flexibility index (Phi) is 5.87. The number of ether oxygens (including phenoxy) is 1. The Morgan fingerprint density at radius 2 is 1.77 bits per heavy atom. The van der Waals surface area contributed by atoms with Crippen molar-refractivity contribution in [1.82, 2.24) is 15.0 Å². The minimum Gasteiger partial charge on any atom is -0.438 e. The lowest BCUT2D eigenvalue weighted by atomic mass is 10.2. The highest BCUT2D eigenvalue weighted by Gasteiger charge is 2.21. The molecule has 0 fully saturated rings. The number of primary amides is 1. The standard InChI is InChI=1S/C21H14ClN5O3S/c22-13-3-5-14(6-4-13)30-19-15(2-1-9-25-19)18(29)27-21-16(17(23)28)26-20(31-21)12-7-10-24-11-8-12/h1-11H,(H2,23,28)(H,27,29). The molecule has 0 bridgehead atoms. The molecule has 0 aliphatic heterocycles. The van der Waals surface area contributed by atoms with Gasteiger partial charge in [-0.2, -0.15) is 0 Å². The minimum absolute atomic E-state index is 0.0331. The van der Waals surface area contributed by atoms with E-state index in [1.54, 1.807) is 60.9 Å². The van der Waals surface area contributed by atoms with Crippen LogP contribution in [0, 0.1) is 0 Å². The number of benzene rings is 1. The number of anilines is 1. The zero-order valence-electron chi connectivity index (χ0n) is 15.8. The van der Waals surface area contributed by atoms with Crippen LogP contribution in [0.2, 0.25) is 5.02 Å². The smallest absolute Gasteiger partial charge is 0.270 e. The molecule has 0 spiro atoms. The fraction of sp³-hybridized carbons (Fsp3) is 0. The molecule has 4 aromatic rings. The van der Waals surface area contributed by atoms with Gasteiger partial charge in [-0.05, 0) is 48.5 Å². The molecule has 3 N–H and O–H groups in total. The summed E-state index contributed by atoms with van der Waals surface area (Å²) in [7, 11) is 0. The summed E-state index contributed by atoms with van der Waals surface area (Å²) in [5.41, 5.74) is 6.34. The maximum absolute atomic E-state index is 13.0. The van der Waals surface area contributed by atoms with Crippen LogP contribution in [0.4, 0.5) is 5.00 Å². The normalized spacial score (nSPS) is 10.5. The fourth-order valence-electron chi connectivity index (χ4n) is 2.62. The summed E-state index contributed by atoms with van der Waals surface area (Å²) >= 11 is 7.02. The monoisotopic (exact) mass is 451 g/mol. The Labute approximate surface area is 185 Å². The van der Waals surface area contributed by atoms with E-state index in [-0.39, 0.29) is 22.1 Å². The van der Waals surface area contributed by atoms with E-state index < -0.39 is 11.8 Å². The molecule has 4 rings (SSSR count). The van der Waals surface area contributed by atoms with E-state index in [0.29, 0.717) is 15.8 Å². The molecule has 0 radical (unpaired) electrons. The van der Waals surface area contributed by atoms with Gasteiger partial charge in [0.25, 0.3) is 11.8 Å². The molecule has 0 saturated carbocycles. The highest BCUT2D eigenvalue weighted by atomic mass is 35.5. The lowest BCUT2D eigenvalue weighted by Gasteiger charge is -2.10. The van der Waals surface area contributed by atoms with E-state index in [9.17, 15) is 9.59 Å². The molecule has 3 aromatic heterocycles. The van der Waals surface area contributed by atoms with Gasteiger partial charge < -0.3 is 15.8 Å². The second kappa shape index (κ2) is 8.90. The Bertz CT molecular complexity index is 1250. The van der Waals surface area contributed by atoms with E-state index in [2.05, 4.69) is 20.3 Å². The van der Waals surface area contributed by atoms with Gasteiger partial charge in [-0.3, -0.25) is 14.6 Å². The van der Waals surface area contributed by atoms with Crippen molar-refractivity contribution in [3.05, 3.63) is 83.4 Å². The van der Waals surface area contributed by atoms with E-state index in [1.165, 1.54) is 6.20 Å². The first-order valence-electron chi connectivity index (χ1n) is 8.92. The van der Waals surface area contributed by atoms with Gasteiger partial charge in [0.2, 0.25) is 5.88 Å². The molecule has 3 heterocycles. The second-order valence-corrected chi connectivity index (χ2v) is 7.60. The summed E-state index contributed by atoms with van der Waals surface area (Å²) in [6, 6.07) is 13.3. The molecule has 31 heavy (non-hydrogen) atoms. The third kappa shape index (κ3) is 4.68. The van der Waals surface area contributed by atoms with Crippen LogP contribution in [-0.4, -0.2) is 26.8 Å². The summed E-state index contributed by atoms with van der Waals surface area (Å²) in [6.07, 6.45) is 4.72. The van der Waals surface area contributed by atoms with Crippen LogP contribution in [0.5, 0.6) is 11.6 Å². The quantitative estimate of drug-likeness (QED) is 0.448. The Morgan fingerprint density at radius 1 is 1.03 bits per heavy atom. The van der Waals surface area contributed by atoms with Crippen molar-refractivity contribution in [2.24, 2.45) is 5.73 Å². The molecule has 10 heteroatoms. The van der Waals surface area contributed by atoms with Crippen LogP contribution in [0.3, 0.4) is 0 Å². The van der Waals surface area contributed by atoms with Crippen LogP contribution in [-0.2, 0) is 0 Å². The summed E-state index contributed by atoms with van der Waals surface area (Å²) in [4.78, 5) is 37.2. The molecule has 2 amide bonds.